The van der Waals surface area contributed by atoms with Crippen LogP contribution in [0, 0.1) is 0 Å². The first-order valence-electron chi connectivity index (χ1n) is 18.7. The normalized spacial score (nSPS) is 17.4. The van der Waals surface area contributed by atoms with Gasteiger partial charge in [-0.3, -0.25) is 29.3 Å². The van der Waals surface area contributed by atoms with Crippen LogP contribution in [-0.2, 0) is 25.7 Å². The number of piperidine rings is 2. The highest BCUT2D eigenvalue weighted by atomic mass is 16.3. The second-order valence-corrected chi connectivity index (χ2v) is 14.1. The number of phenols is 1. The van der Waals surface area contributed by atoms with E-state index in [9.17, 15) is 29.1 Å². The molecule has 280 valence electrons. The molecular weight excluding hydrogens is 676 g/mol. The van der Waals surface area contributed by atoms with Crippen molar-refractivity contribution in [2.45, 2.75) is 102 Å². The molecule has 1 atom stereocenters. The van der Waals surface area contributed by atoms with Crippen molar-refractivity contribution < 1.29 is 29.1 Å². The number of para-hydroxylation sites is 1. The number of anilines is 3. The highest BCUT2D eigenvalue weighted by Gasteiger charge is 2.40. The number of hydrogen-bond donors (Lipinski definition) is 5. The smallest absolute Gasteiger partial charge is 0.255 e. The highest BCUT2D eigenvalue weighted by Crippen LogP contribution is 2.34. The third-order valence-electron chi connectivity index (χ3n) is 10.3. The number of nitrogens with two attached hydrogens (primary N) is 1. The van der Waals surface area contributed by atoms with E-state index in [0.29, 0.717) is 46.7 Å². The number of rotatable bonds is 15. The first-order valence-corrected chi connectivity index (χ1v) is 18.7. The molecule has 14 heteroatoms. The lowest BCUT2D eigenvalue weighted by Crippen LogP contribution is -2.52. The predicted molar refractivity (Wildman–Crippen MR) is 200 cm³/mol. The number of amides is 5. The van der Waals surface area contributed by atoms with E-state index in [1.807, 2.05) is 12.1 Å². The Bertz CT molecular complexity index is 1840. The van der Waals surface area contributed by atoms with Crippen LogP contribution in [-0.4, -0.2) is 74.9 Å². The number of fused-ring (bicyclic) bond motifs is 1. The summed E-state index contributed by atoms with van der Waals surface area (Å²) in [5.41, 5.74) is 9.84. The van der Waals surface area contributed by atoms with Gasteiger partial charge >= 0.3 is 0 Å². The van der Waals surface area contributed by atoms with E-state index in [1.54, 1.807) is 36.4 Å². The van der Waals surface area contributed by atoms with Gasteiger partial charge in [0.2, 0.25) is 23.6 Å². The Morgan fingerprint density at radius 3 is 2.25 bits per heavy atom. The number of aromatic hydroxyl groups is 1. The van der Waals surface area contributed by atoms with E-state index < -0.39 is 11.9 Å². The van der Waals surface area contributed by atoms with Gasteiger partial charge in [-0.2, -0.15) is 0 Å². The average molecular weight is 725 g/mol. The van der Waals surface area contributed by atoms with Crippen LogP contribution in [0.4, 0.5) is 17.2 Å². The number of nitrogen functional groups attached to an aromatic ring is 1. The standard InChI is InChI=1S/C39H48N8O6/c40-37-32(23-30(44-45-37)27-11-8-9-14-33(27)48)46-21-19-25(20-22-46)41-34(49)15-6-4-2-1-3-5-7-16-35(50)42-29-13-10-12-26-28(29)24-47(39(26)53)31-17-18-36(51)43-38(31)52/h8-14,23,25,31,48H,1-7,15-22,24H2,(H2,40,45)(H,41,49)(H,42,50)(H,43,51,52). The molecule has 2 fully saturated rings. The molecule has 0 bridgehead atoms. The van der Waals surface area contributed by atoms with Gasteiger partial charge in [0.1, 0.15) is 11.8 Å². The summed E-state index contributed by atoms with van der Waals surface area (Å²) in [6.45, 7) is 1.66. The van der Waals surface area contributed by atoms with Gasteiger partial charge in [0.25, 0.3) is 5.91 Å². The van der Waals surface area contributed by atoms with Crippen LogP contribution >= 0.6 is 0 Å². The minimum absolute atomic E-state index is 0.0819. The molecule has 0 spiro atoms. The fourth-order valence-corrected chi connectivity index (χ4v) is 7.40. The number of nitrogens with zero attached hydrogens (tertiary/aromatic N) is 4. The van der Waals surface area contributed by atoms with Crippen LogP contribution in [0.2, 0.25) is 0 Å². The SMILES string of the molecule is Nc1nnc(-c2ccccc2O)cc1N1CCC(NC(=O)CCCCCCCCCC(=O)Nc2cccc3c2CN(C2CCC(=O)NC2=O)C3=O)CC1. The van der Waals surface area contributed by atoms with E-state index in [-0.39, 0.29) is 54.8 Å². The Morgan fingerprint density at radius 1 is 0.849 bits per heavy atom. The molecule has 3 aromatic rings. The van der Waals surface area contributed by atoms with E-state index in [2.05, 4.69) is 31.0 Å². The monoisotopic (exact) mass is 724 g/mol. The maximum atomic E-state index is 13.0. The van der Waals surface area contributed by atoms with Crippen molar-refractivity contribution >= 4 is 46.7 Å². The van der Waals surface area contributed by atoms with Crippen molar-refractivity contribution in [2.24, 2.45) is 0 Å². The molecule has 4 heterocycles. The van der Waals surface area contributed by atoms with E-state index in [0.717, 1.165) is 76.6 Å². The molecule has 3 aliphatic rings. The van der Waals surface area contributed by atoms with Crippen molar-refractivity contribution in [3.63, 3.8) is 0 Å². The zero-order valence-electron chi connectivity index (χ0n) is 29.9. The van der Waals surface area contributed by atoms with E-state index in [4.69, 9.17) is 5.73 Å². The summed E-state index contributed by atoms with van der Waals surface area (Å²) in [7, 11) is 0. The minimum Gasteiger partial charge on any atom is -0.507 e. The van der Waals surface area contributed by atoms with Gasteiger partial charge in [-0.1, -0.05) is 50.3 Å². The molecule has 2 aromatic carbocycles. The first kappa shape index (κ1) is 37.2. The predicted octanol–water partition coefficient (Wildman–Crippen LogP) is 4.43. The van der Waals surface area contributed by atoms with Gasteiger partial charge in [-0.15, -0.1) is 10.2 Å². The Labute approximate surface area is 308 Å². The van der Waals surface area contributed by atoms with Crippen LogP contribution in [0.15, 0.2) is 48.5 Å². The molecule has 14 nitrogen and oxygen atoms in total. The second kappa shape index (κ2) is 17.3. The summed E-state index contributed by atoms with van der Waals surface area (Å²) >= 11 is 0. The number of nitrogens with one attached hydrogen (secondary N) is 3. The van der Waals surface area contributed by atoms with Gasteiger partial charge in [0.15, 0.2) is 5.82 Å². The molecular formula is C39H48N8O6. The number of imide groups is 1. The number of aromatic nitrogens is 2. The molecule has 53 heavy (non-hydrogen) atoms. The first-order chi connectivity index (χ1) is 25.7. The lowest BCUT2D eigenvalue weighted by atomic mass is 10.0. The maximum Gasteiger partial charge on any atom is 0.255 e. The summed E-state index contributed by atoms with van der Waals surface area (Å²) in [5.74, 6) is -0.618. The Morgan fingerprint density at radius 2 is 1.53 bits per heavy atom. The van der Waals surface area contributed by atoms with Crippen LogP contribution < -0.4 is 26.6 Å². The maximum absolute atomic E-state index is 13.0. The summed E-state index contributed by atoms with van der Waals surface area (Å²) < 4.78 is 0. The summed E-state index contributed by atoms with van der Waals surface area (Å²) in [4.78, 5) is 66.0. The van der Waals surface area contributed by atoms with Crippen LogP contribution in [0.5, 0.6) is 5.75 Å². The van der Waals surface area contributed by atoms with Crippen LogP contribution in [0.3, 0.4) is 0 Å². The largest absolute Gasteiger partial charge is 0.507 e. The molecule has 5 amide bonds. The van der Waals surface area contributed by atoms with Crippen LogP contribution in [0.1, 0.15) is 99.4 Å². The molecule has 6 N–H and O–H groups in total. The van der Waals surface area contributed by atoms with Gasteiger partial charge in [-0.25, -0.2) is 0 Å². The van der Waals surface area contributed by atoms with E-state index in [1.165, 1.54) is 4.90 Å². The molecule has 1 aromatic heterocycles. The third kappa shape index (κ3) is 9.29. The number of phenolic OH excluding ortho intramolecular Hbond substituents is 1. The Kier molecular flexibility index (Phi) is 12.2. The molecule has 2 saturated heterocycles. The quantitative estimate of drug-likeness (QED) is 0.110. The lowest BCUT2D eigenvalue weighted by Gasteiger charge is -2.34. The van der Waals surface area contributed by atoms with Gasteiger partial charge < -0.3 is 31.3 Å². The molecule has 0 saturated carbocycles. The Hall–Kier alpha value is -5.53. The highest BCUT2D eigenvalue weighted by molar-refractivity contribution is 6.06. The number of unbranched alkanes of at least 4 members (excludes halogenated alkanes) is 6. The van der Waals surface area contributed by atoms with Crippen molar-refractivity contribution in [1.29, 1.82) is 0 Å². The van der Waals surface area contributed by atoms with Crippen molar-refractivity contribution in [2.75, 3.05) is 29.0 Å². The minimum atomic E-state index is -0.700. The average Bonchev–Trinajstić information content (AvgIpc) is 3.48. The zero-order chi connectivity index (χ0) is 37.3. The Balaban J connectivity index is 0.818. The summed E-state index contributed by atoms with van der Waals surface area (Å²) in [6.07, 6.45) is 9.56. The molecule has 0 aliphatic carbocycles. The lowest BCUT2D eigenvalue weighted by molar-refractivity contribution is -0.137. The molecule has 3 aliphatic heterocycles. The zero-order valence-corrected chi connectivity index (χ0v) is 29.9. The number of carbonyl (C=O) groups excluding carboxylic acids is 5. The summed E-state index contributed by atoms with van der Waals surface area (Å²) in [6, 6.07) is 13.5. The second-order valence-electron chi connectivity index (χ2n) is 14.1. The van der Waals surface area contributed by atoms with Gasteiger partial charge in [-0.05, 0) is 62.4 Å². The van der Waals surface area contributed by atoms with Gasteiger partial charge in [0.05, 0.1) is 11.4 Å². The molecule has 1 unspecified atom stereocenters. The number of carbonyl (C=O) groups is 5. The van der Waals surface area contributed by atoms with Crippen LogP contribution in [0.25, 0.3) is 11.3 Å². The van der Waals surface area contributed by atoms with E-state index >= 15 is 0 Å². The molecule has 6 rings (SSSR count). The fraction of sp³-hybridized carbons (Fsp3) is 0.462. The third-order valence-corrected chi connectivity index (χ3v) is 10.3. The van der Waals surface area contributed by atoms with Crippen molar-refractivity contribution in [3.05, 3.63) is 59.7 Å². The topological polar surface area (TPSA) is 200 Å². The number of benzene rings is 2. The fourth-order valence-electron chi connectivity index (χ4n) is 7.40. The number of hydrogen-bond acceptors (Lipinski definition) is 10. The molecule has 0 radical (unpaired) electrons. The van der Waals surface area contributed by atoms with Crippen molar-refractivity contribution in [1.82, 2.24) is 25.7 Å². The van der Waals surface area contributed by atoms with Gasteiger partial charge in [0, 0.05) is 67.3 Å². The summed E-state index contributed by atoms with van der Waals surface area (Å²) in [5, 5.41) is 27.0. The van der Waals surface area contributed by atoms with Crippen molar-refractivity contribution in [3.8, 4) is 17.0 Å².